The number of aliphatic hydroxyl groups excluding tert-OH is 1. The fourth-order valence-electron chi connectivity index (χ4n) is 2.72. The smallest absolute Gasteiger partial charge is 0.408 e. The number of carbonyl (C=O) groups is 2. The fourth-order valence-corrected chi connectivity index (χ4v) is 2.72. The molecule has 0 saturated carbocycles. The summed E-state index contributed by atoms with van der Waals surface area (Å²) >= 11 is 0. The summed E-state index contributed by atoms with van der Waals surface area (Å²) in [5, 5.41) is 15.1. The number of nitrogens with one attached hydrogen (secondary N) is 3. The third-order valence-electron chi connectivity index (χ3n) is 3.89. The summed E-state index contributed by atoms with van der Waals surface area (Å²) in [5.41, 5.74) is 1.22. The molecule has 154 valence electrons. The van der Waals surface area contributed by atoms with Gasteiger partial charge in [-0.25, -0.2) is 4.79 Å². The zero-order valence-electron chi connectivity index (χ0n) is 16.6. The summed E-state index contributed by atoms with van der Waals surface area (Å²) < 4.78 is 10.4. The van der Waals surface area contributed by atoms with Crippen LogP contribution in [-0.4, -0.2) is 60.1 Å². The fraction of sp³-hybridized carbons (Fsp3) is 0.500. The van der Waals surface area contributed by atoms with E-state index in [1.54, 1.807) is 20.8 Å². The second kappa shape index (κ2) is 10.1. The molecule has 2 rings (SSSR count). The van der Waals surface area contributed by atoms with E-state index >= 15 is 0 Å². The van der Waals surface area contributed by atoms with E-state index < -0.39 is 17.7 Å². The van der Waals surface area contributed by atoms with E-state index in [0.29, 0.717) is 6.42 Å². The molecule has 8 heteroatoms. The second-order valence-corrected chi connectivity index (χ2v) is 7.39. The maximum absolute atomic E-state index is 12.6. The van der Waals surface area contributed by atoms with Crippen molar-refractivity contribution in [3.8, 4) is 0 Å². The molecule has 1 aromatic heterocycles. The van der Waals surface area contributed by atoms with Crippen molar-refractivity contribution in [1.82, 2.24) is 15.6 Å². The van der Waals surface area contributed by atoms with Crippen LogP contribution in [0.4, 0.5) is 4.79 Å². The van der Waals surface area contributed by atoms with Gasteiger partial charge in [-0.15, -0.1) is 0 Å². The summed E-state index contributed by atoms with van der Waals surface area (Å²) in [6, 6.07) is 6.97. The summed E-state index contributed by atoms with van der Waals surface area (Å²) in [6.07, 6.45) is 1.50. The number of benzene rings is 1. The Morgan fingerprint density at radius 1 is 1.21 bits per heavy atom. The average Bonchev–Trinajstić information content (AvgIpc) is 3.02. The molecule has 1 heterocycles. The average molecular weight is 391 g/mol. The molecule has 1 unspecified atom stereocenters. The van der Waals surface area contributed by atoms with Crippen molar-refractivity contribution < 1.29 is 24.2 Å². The van der Waals surface area contributed by atoms with Gasteiger partial charge < -0.3 is 30.2 Å². The molecule has 0 spiro atoms. The van der Waals surface area contributed by atoms with Gasteiger partial charge in [-0.1, -0.05) is 18.2 Å². The van der Waals surface area contributed by atoms with Crippen LogP contribution in [0, 0.1) is 0 Å². The number of hydrogen-bond acceptors (Lipinski definition) is 5. The Morgan fingerprint density at radius 3 is 2.68 bits per heavy atom. The third kappa shape index (κ3) is 6.86. The van der Waals surface area contributed by atoms with Gasteiger partial charge in [-0.3, -0.25) is 4.79 Å². The van der Waals surface area contributed by atoms with E-state index in [1.165, 1.54) is 0 Å². The molecule has 1 atom stereocenters. The van der Waals surface area contributed by atoms with E-state index in [1.807, 2.05) is 30.5 Å². The monoisotopic (exact) mass is 391 g/mol. The molecule has 0 fully saturated rings. The number of aliphatic hydroxyl groups is 1. The van der Waals surface area contributed by atoms with Crippen molar-refractivity contribution in [3.05, 3.63) is 36.0 Å². The lowest BCUT2D eigenvalue weighted by atomic mass is 10.0. The Balaban J connectivity index is 2.06. The van der Waals surface area contributed by atoms with Crippen molar-refractivity contribution in [3.63, 3.8) is 0 Å². The summed E-state index contributed by atoms with van der Waals surface area (Å²) in [7, 11) is 0. The number of carbonyl (C=O) groups excluding carboxylic acids is 2. The molecule has 0 aliphatic carbocycles. The number of fused-ring (bicyclic) bond motifs is 1. The van der Waals surface area contributed by atoms with Crippen molar-refractivity contribution in [2.45, 2.75) is 38.8 Å². The first-order valence-electron chi connectivity index (χ1n) is 9.31. The summed E-state index contributed by atoms with van der Waals surface area (Å²) in [4.78, 5) is 28.0. The highest BCUT2D eigenvalue weighted by Crippen LogP contribution is 2.19. The zero-order valence-corrected chi connectivity index (χ0v) is 16.6. The van der Waals surface area contributed by atoms with Gasteiger partial charge in [0.1, 0.15) is 11.6 Å². The maximum atomic E-state index is 12.6. The highest BCUT2D eigenvalue weighted by Gasteiger charge is 2.25. The lowest BCUT2D eigenvalue weighted by molar-refractivity contribution is -0.123. The first-order valence-corrected chi connectivity index (χ1v) is 9.31. The highest BCUT2D eigenvalue weighted by atomic mass is 16.6. The molecule has 0 saturated heterocycles. The number of para-hydroxylation sites is 1. The molecule has 1 aromatic carbocycles. The predicted molar refractivity (Wildman–Crippen MR) is 106 cm³/mol. The Labute approximate surface area is 164 Å². The largest absolute Gasteiger partial charge is 0.444 e. The molecular weight excluding hydrogens is 362 g/mol. The van der Waals surface area contributed by atoms with Gasteiger partial charge in [0.25, 0.3) is 0 Å². The van der Waals surface area contributed by atoms with Crippen LogP contribution in [0.3, 0.4) is 0 Å². The highest BCUT2D eigenvalue weighted by molar-refractivity contribution is 5.88. The van der Waals surface area contributed by atoms with Gasteiger partial charge in [0.2, 0.25) is 5.91 Å². The summed E-state index contributed by atoms with van der Waals surface area (Å²) in [6.45, 7) is 5.99. The molecule has 4 N–H and O–H groups in total. The van der Waals surface area contributed by atoms with Gasteiger partial charge in [0, 0.05) is 30.1 Å². The van der Waals surface area contributed by atoms with E-state index in [2.05, 4.69) is 15.6 Å². The molecule has 0 aliphatic heterocycles. The quantitative estimate of drug-likeness (QED) is 0.486. The van der Waals surface area contributed by atoms with E-state index in [-0.39, 0.29) is 32.3 Å². The Kier molecular flexibility index (Phi) is 7.83. The number of alkyl carbamates (subject to hydrolysis) is 1. The first kappa shape index (κ1) is 21.7. The number of rotatable bonds is 9. The lowest BCUT2D eigenvalue weighted by Crippen LogP contribution is -2.49. The number of ether oxygens (including phenoxy) is 2. The van der Waals surface area contributed by atoms with Crippen LogP contribution >= 0.6 is 0 Å². The van der Waals surface area contributed by atoms with Crippen LogP contribution in [0.1, 0.15) is 26.3 Å². The minimum Gasteiger partial charge on any atom is -0.444 e. The number of hydrogen-bond donors (Lipinski definition) is 4. The molecule has 0 bridgehead atoms. The van der Waals surface area contributed by atoms with Crippen LogP contribution in [0.5, 0.6) is 0 Å². The molecule has 0 radical (unpaired) electrons. The van der Waals surface area contributed by atoms with Crippen LogP contribution in [0.25, 0.3) is 10.9 Å². The third-order valence-corrected chi connectivity index (χ3v) is 3.89. The van der Waals surface area contributed by atoms with Crippen molar-refractivity contribution >= 4 is 22.9 Å². The molecule has 8 nitrogen and oxygen atoms in total. The standard InChI is InChI=1S/C20H29N3O5/c1-20(2,3)28-19(26)23-17(18(25)21-8-10-27-11-9-24)12-14-13-22-16-7-5-4-6-15(14)16/h4-7,13,17,22,24H,8-12H2,1-3H3,(H,21,25)(H,23,26). The van der Waals surface area contributed by atoms with E-state index in [0.717, 1.165) is 16.5 Å². The number of aromatic amines is 1. The number of amides is 2. The normalized spacial score (nSPS) is 12.6. The van der Waals surface area contributed by atoms with Crippen LogP contribution in [0.15, 0.2) is 30.5 Å². The molecule has 2 aromatic rings. The molecule has 28 heavy (non-hydrogen) atoms. The second-order valence-electron chi connectivity index (χ2n) is 7.39. The van der Waals surface area contributed by atoms with Gasteiger partial charge in [-0.05, 0) is 32.4 Å². The van der Waals surface area contributed by atoms with E-state index in [9.17, 15) is 9.59 Å². The lowest BCUT2D eigenvalue weighted by Gasteiger charge is -2.23. The van der Waals surface area contributed by atoms with Crippen molar-refractivity contribution in [1.29, 1.82) is 0 Å². The topological polar surface area (TPSA) is 113 Å². The van der Waals surface area contributed by atoms with Crippen LogP contribution in [0.2, 0.25) is 0 Å². The van der Waals surface area contributed by atoms with Gasteiger partial charge in [0.15, 0.2) is 0 Å². The van der Waals surface area contributed by atoms with E-state index in [4.69, 9.17) is 14.6 Å². The minimum atomic E-state index is -0.799. The Morgan fingerprint density at radius 2 is 1.96 bits per heavy atom. The Bertz CT molecular complexity index is 781. The Hall–Kier alpha value is -2.58. The minimum absolute atomic E-state index is 0.0721. The van der Waals surface area contributed by atoms with Crippen LogP contribution < -0.4 is 10.6 Å². The SMILES string of the molecule is CC(C)(C)OC(=O)NC(Cc1c[nH]c2ccccc12)C(=O)NCCOCCO. The maximum Gasteiger partial charge on any atom is 0.408 e. The van der Waals surface area contributed by atoms with Crippen molar-refractivity contribution in [2.24, 2.45) is 0 Å². The zero-order chi connectivity index (χ0) is 20.6. The number of aromatic nitrogens is 1. The molecule has 0 aliphatic rings. The number of H-pyrrole nitrogens is 1. The molecule has 2 amide bonds. The van der Waals surface area contributed by atoms with Crippen molar-refractivity contribution in [2.75, 3.05) is 26.4 Å². The van der Waals surface area contributed by atoms with Gasteiger partial charge in [-0.2, -0.15) is 0 Å². The first-order chi connectivity index (χ1) is 13.3. The van der Waals surface area contributed by atoms with Crippen LogP contribution in [-0.2, 0) is 20.7 Å². The van der Waals surface area contributed by atoms with Gasteiger partial charge >= 0.3 is 6.09 Å². The predicted octanol–water partition coefficient (Wildman–Crippen LogP) is 1.73. The van der Waals surface area contributed by atoms with Gasteiger partial charge in [0.05, 0.1) is 19.8 Å². The molecular formula is C20H29N3O5. The summed E-state index contributed by atoms with van der Waals surface area (Å²) in [5.74, 6) is -0.330.